The normalized spacial score (nSPS) is 14.2. The number of carbonyl (C=O) groups is 2. The molecule has 40 heavy (non-hydrogen) atoms. The number of anilines is 1. The number of rotatable bonds is 7. The molecule has 0 saturated carbocycles. The molecule has 0 spiro atoms. The molecule has 2 heterocycles. The van der Waals surface area contributed by atoms with E-state index in [0.29, 0.717) is 34.7 Å². The first-order valence-electron chi connectivity index (χ1n) is 13.0. The van der Waals surface area contributed by atoms with E-state index < -0.39 is 28.5 Å². The number of aromatic nitrogens is 1. The van der Waals surface area contributed by atoms with Crippen molar-refractivity contribution in [3.8, 4) is 11.3 Å². The average molecular weight is 578 g/mol. The van der Waals surface area contributed by atoms with Gasteiger partial charge in [-0.25, -0.2) is 18.2 Å². The third kappa shape index (κ3) is 6.01. The van der Waals surface area contributed by atoms with Crippen molar-refractivity contribution in [1.29, 1.82) is 0 Å². The zero-order valence-electron chi connectivity index (χ0n) is 21.9. The molecule has 1 N–H and O–H groups in total. The molecule has 1 saturated heterocycles. The number of ether oxygens (including phenoxy) is 1. The van der Waals surface area contributed by atoms with E-state index in [1.54, 1.807) is 73.7 Å². The average Bonchev–Trinajstić information content (AvgIpc) is 2.97. The Hall–Kier alpha value is -3.79. The molecule has 0 bridgehead atoms. The summed E-state index contributed by atoms with van der Waals surface area (Å²) in [5.41, 5.74) is 3.08. The van der Waals surface area contributed by atoms with Crippen LogP contribution in [0, 0.1) is 6.92 Å². The molecule has 0 radical (unpaired) electrons. The van der Waals surface area contributed by atoms with E-state index in [0.717, 1.165) is 30.4 Å². The van der Waals surface area contributed by atoms with E-state index in [2.05, 4.69) is 10.3 Å². The fourth-order valence-corrected chi connectivity index (χ4v) is 6.57. The van der Waals surface area contributed by atoms with Crippen LogP contribution < -0.4 is 5.32 Å². The number of aryl methyl sites for hydroxylation is 1. The second-order valence-corrected chi connectivity index (χ2v) is 12.0. The van der Waals surface area contributed by atoms with Crippen molar-refractivity contribution in [2.45, 2.75) is 31.1 Å². The summed E-state index contributed by atoms with van der Waals surface area (Å²) >= 11 is 6.02. The molecule has 1 aromatic heterocycles. The van der Waals surface area contributed by atoms with Crippen LogP contribution in [0.2, 0.25) is 5.02 Å². The molecule has 0 aliphatic carbocycles. The molecule has 4 aromatic rings. The van der Waals surface area contributed by atoms with Gasteiger partial charge in [0, 0.05) is 29.1 Å². The third-order valence-corrected chi connectivity index (χ3v) is 8.95. The zero-order chi connectivity index (χ0) is 28.3. The quantitative estimate of drug-likeness (QED) is 0.277. The third-order valence-electron chi connectivity index (χ3n) is 6.75. The number of esters is 1. The summed E-state index contributed by atoms with van der Waals surface area (Å²) in [6.45, 7) is 2.08. The molecule has 8 nitrogen and oxygen atoms in total. The van der Waals surface area contributed by atoms with Gasteiger partial charge in [0.2, 0.25) is 10.0 Å². The number of hydrogen-bond donors (Lipinski definition) is 1. The lowest BCUT2D eigenvalue weighted by Gasteiger charge is -2.27. The van der Waals surface area contributed by atoms with Crippen LogP contribution in [0.1, 0.15) is 35.2 Å². The Kier molecular flexibility index (Phi) is 8.16. The second-order valence-electron chi connectivity index (χ2n) is 9.67. The van der Waals surface area contributed by atoms with Gasteiger partial charge in [-0.1, -0.05) is 54.4 Å². The highest BCUT2D eigenvalue weighted by atomic mass is 35.5. The molecule has 0 atom stereocenters. The number of nitrogens with one attached hydrogen (secondary N) is 1. The Labute approximate surface area is 238 Å². The Balaban J connectivity index is 1.35. The molecule has 5 rings (SSSR count). The minimum absolute atomic E-state index is 0.0295. The number of amides is 1. The maximum absolute atomic E-state index is 13.4. The maximum atomic E-state index is 13.4. The summed E-state index contributed by atoms with van der Waals surface area (Å²) in [5, 5.41) is 3.78. The second kappa shape index (κ2) is 11.8. The summed E-state index contributed by atoms with van der Waals surface area (Å²) in [5.74, 6) is -1.35. The van der Waals surface area contributed by atoms with Gasteiger partial charge in [0.25, 0.3) is 5.91 Å². The lowest BCUT2D eigenvalue weighted by Crippen LogP contribution is -2.36. The summed E-state index contributed by atoms with van der Waals surface area (Å²) in [6, 6.07) is 20.7. The Morgan fingerprint density at radius 1 is 0.975 bits per heavy atom. The summed E-state index contributed by atoms with van der Waals surface area (Å²) in [7, 11) is -3.80. The van der Waals surface area contributed by atoms with Gasteiger partial charge < -0.3 is 10.1 Å². The standard InChI is InChI=1S/C30H28ClN3O5S/c1-20-9-14-26(28(17-20)40(37,38)34-15-5-2-6-16-34)33-29(35)19-39-30(36)24-18-27(21-10-12-22(31)13-11-21)32-25-8-4-3-7-23(24)25/h3-4,7-14,17-18H,2,5-6,15-16,19H2,1H3,(H,33,35). The largest absolute Gasteiger partial charge is 0.452 e. The van der Waals surface area contributed by atoms with E-state index in [4.69, 9.17) is 16.3 Å². The van der Waals surface area contributed by atoms with Crippen LogP contribution in [0.25, 0.3) is 22.2 Å². The Morgan fingerprint density at radius 2 is 1.70 bits per heavy atom. The van der Waals surface area contributed by atoms with Gasteiger partial charge in [0.15, 0.2) is 6.61 Å². The van der Waals surface area contributed by atoms with Crippen LogP contribution in [0.5, 0.6) is 0 Å². The van der Waals surface area contributed by atoms with Crippen molar-refractivity contribution in [2.75, 3.05) is 25.0 Å². The van der Waals surface area contributed by atoms with Crippen LogP contribution in [0.3, 0.4) is 0 Å². The molecular formula is C30H28ClN3O5S. The molecule has 1 amide bonds. The molecule has 0 unspecified atom stereocenters. The number of para-hydroxylation sites is 1. The SMILES string of the molecule is Cc1ccc(NC(=O)COC(=O)c2cc(-c3ccc(Cl)cc3)nc3ccccc23)c(S(=O)(=O)N2CCCCC2)c1. The first-order valence-corrected chi connectivity index (χ1v) is 14.8. The van der Waals surface area contributed by atoms with E-state index in [1.165, 1.54) is 4.31 Å². The lowest BCUT2D eigenvalue weighted by atomic mass is 10.0. The molecule has 1 aliphatic heterocycles. The molecule has 206 valence electrons. The van der Waals surface area contributed by atoms with Crippen molar-refractivity contribution in [3.05, 3.63) is 88.9 Å². The Bertz CT molecular complexity index is 1680. The van der Waals surface area contributed by atoms with Gasteiger partial charge in [0.1, 0.15) is 4.90 Å². The van der Waals surface area contributed by atoms with Gasteiger partial charge in [0.05, 0.1) is 22.5 Å². The zero-order valence-corrected chi connectivity index (χ0v) is 23.5. The number of nitrogens with zero attached hydrogens (tertiary/aromatic N) is 2. The molecular weight excluding hydrogens is 550 g/mol. The van der Waals surface area contributed by atoms with Crippen LogP contribution >= 0.6 is 11.6 Å². The minimum Gasteiger partial charge on any atom is -0.452 e. The van der Waals surface area contributed by atoms with Gasteiger partial charge >= 0.3 is 5.97 Å². The highest BCUT2D eigenvalue weighted by Gasteiger charge is 2.29. The smallest absolute Gasteiger partial charge is 0.339 e. The molecule has 1 fully saturated rings. The van der Waals surface area contributed by atoms with Gasteiger partial charge in [-0.3, -0.25) is 4.79 Å². The first-order chi connectivity index (χ1) is 19.2. The monoisotopic (exact) mass is 577 g/mol. The number of fused-ring (bicyclic) bond motifs is 1. The summed E-state index contributed by atoms with van der Waals surface area (Å²) in [4.78, 5) is 30.7. The number of benzene rings is 3. The number of hydrogen-bond acceptors (Lipinski definition) is 6. The van der Waals surface area contributed by atoms with E-state index in [1.807, 2.05) is 6.07 Å². The van der Waals surface area contributed by atoms with E-state index in [-0.39, 0.29) is 16.1 Å². The lowest BCUT2D eigenvalue weighted by molar-refractivity contribution is -0.119. The Morgan fingerprint density at radius 3 is 2.45 bits per heavy atom. The van der Waals surface area contributed by atoms with Gasteiger partial charge in [-0.2, -0.15) is 4.31 Å². The fraction of sp³-hybridized carbons (Fsp3) is 0.233. The molecule has 3 aromatic carbocycles. The van der Waals surface area contributed by atoms with E-state index >= 15 is 0 Å². The molecule has 1 aliphatic rings. The van der Waals surface area contributed by atoms with Crippen molar-refractivity contribution in [1.82, 2.24) is 9.29 Å². The molecule has 10 heteroatoms. The number of piperidine rings is 1. The number of carbonyl (C=O) groups excluding carboxylic acids is 2. The van der Waals surface area contributed by atoms with Crippen LogP contribution in [0.4, 0.5) is 5.69 Å². The highest BCUT2D eigenvalue weighted by Crippen LogP contribution is 2.29. The van der Waals surface area contributed by atoms with Gasteiger partial charge in [-0.15, -0.1) is 0 Å². The summed E-state index contributed by atoms with van der Waals surface area (Å²) < 4.78 is 33.6. The van der Waals surface area contributed by atoms with Crippen LogP contribution in [0.15, 0.2) is 77.7 Å². The number of halogens is 1. The number of pyridine rings is 1. The van der Waals surface area contributed by atoms with Crippen molar-refractivity contribution in [3.63, 3.8) is 0 Å². The van der Waals surface area contributed by atoms with Crippen molar-refractivity contribution in [2.24, 2.45) is 0 Å². The van der Waals surface area contributed by atoms with Gasteiger partial charge in [-0.05, 0) is 61.7 Å². The topological polar surface area (TPSA) is 106 Å². The fourth-order valence-electron chi connectivity index (χ4n) is 4.70. The maximum Gasteiger partial charge on any atom is 0.339 e. The summed E-state index contributed by atoms with van der Waals surface area (Å²) in [6.07, 6.45) is 2.58. The van der Waals surface area contributed by atoms with Crippen molar-refractivity contribution >= 4 is 50.1 Å². The first kappa shape index (κ1) is 27.8. The minimum atomic E-state index is -3.80. The predicted molar refractivity (Wildman–Crippen MR) is 155 cm³/mol. The predicted octanol–water partition coefficient (Wildman–Crippen LogP) is 5.83. The van der Waals surface area contributed by atoms with Crippen molar-refractivity contribution < 1.29 is 22.7 Å². The number of sulfonamides is 1. The van der Waals surface area contributed by atoms with E-state index in [9.17, 15) is 18.0 Å². The van der Waals surface area contributed by atoms with Crippen LogP contribution in [-0.2, 0) is 19.6 Å². The van der Waals surface area contributed by atoms with Crippen LogP contribution in [-0.4, -0.2) is 49.3 Å². The highest BCUT2D eigenvalue weighted by molar-refractivity contribution is 7.89.